The Bertz CT molecular complexity index is 590. The predicted molar refractivity (Wildman–Crippen MR) is 54.7 cm³/mol. The van der Waals surface area contributed by atoms with Gasteiger partial charge in [0, 0.05) is 10.9 Å². The summed E-state index contributed by atoms with van der Waals surface area (Å²) >= 11 is 0. The normalized spacial score (nSPS) is 10.1. The van der Waals surface area contributed by atoms with Crippen molar-refractivity contribution in [2.75, 3.05) is 0 Å². The van der Waals surface area contributed by atoms with Gasteiger partial charge in [-0.05, 0) is 24.6 Å². The van der Waals surface area contributed by atoms with Crippen LogP contribution in [0.25, 0.3) is 10.9 Å². The molecule has 0 saturated carbocycles. The molecule has 1 aromatic carbocycles. The van der Waals surface area contributed by atoms with Crippen LogP contribution in [0.4, 0.5) is 0 Å². The zero-order valence-corrected chi connectivity index (χ0v) is 8.03. The number of aromatic carboxylic acids is 1. The van der Waals surface area contributed by atoms with E-state index in [1.807, 2.05) is 6.07 Å². The molecule has 0 radical (unpaired) electrons. The summed E-state index contributed by atoms with van der Waals surface area (Å²) in [5, 5.41) is 18.4. The van der Waals surface area contributed by atoms with Crippen molar-refractivity contribution in [3.63, 3.8) is 0 Å². The highest BCUT2D eigenvalue weighted by atomic mass is 16.4. The van der Waals surface area contributed by atoms with Gasteiger partial charge in [-0.2, -0.15) is 5.26 Å². The van der Waals surface area contributed by atoms with Crippen LogP contribution in [0.5, 0.6) is 0 Å². The van der Waals surface area contributed by atoms with Crippen molar-refractivity contribution in [3.8, 4) is 6.07 Å². The second-order valence-electron chi connectivity index (χ2n) is 3.30. The molecule has 0 unspecified atom stereocenters. The molecule has 15 heavy (non-hydrogen) atoms. The van der Waals surface area contributed by atoms with E-state index in [-0.39, 0.29) is 5.69 Å². The molecule has 1 aromatic heterocycles. The number of rotatable bonds is 1. The number of carbonyl (C=O) groups is 1. The third kappa shape index (κ3) is 1.34. The zero-order valence-electron chi connectivity index (χ0n) is 8.03. The van der Waals surface area contributed by atoms with Crippen LogP contribution in [-0.2, 0) is 0 Å². The Morgan fingerprint density at radius 1 is 1.53 bits per heavy atom. The molecule has 2 N–H and O–H groups in total. The van der Waals surface area contributed by atoms with Gasteiger partial charge in [0.2, 0.25) is 0 Å². The van der Waals surface area contributed by atoms with Gasteiger partial charge in [0.1, 0.15) is 5.69 Å². The van der Waals surface area contributed by atoms with E-state index in [0.29, 0.717) is 16.6 Å². The van der Waals surface area contributed by atoms with Crippen LogP contribution in [0.3, 0.4) is 0 Å². The third-order valence-corrected chi connectivity index (χ3v) is 2.40. The average molecular weight is 200 g/mol. The molecule has 0 atom stereocenters. The van der Waals surface area contributed by atoms with E-state index in [2.05, 4.69) is 4.98 Å². The molecule has 0 bridgehead atoms. The van der Waals surface area contributed by atoms with E-state index in [4.69, 9.17) is 10.4 Å². The molecule has 4 nitrogen and oxygen atoms in total. The van der Waals surface area contributed by atoms with Crippen LogP contribution < -0.4 is 0 Å². The van der Waals surface area contributed by atoms with Crippen LogP contribution in [0.15, 0.2) is 18.2 Å². The maximum atomic E-state index is 10.8. The quantitative estimate of drug-likeness (QED) is 0.739. The third-order valence-electron chi connectivity index (χ3n) is 2.40. The lowest BCUT2D eigenvalue weighted by Gasteiger charge is -1.91. The number of hydrogen-bond acceptors (Lipinski definition) is 2. The van der Waals surface area contributed by atoms with Crippen molar-refractivity contribution >= 4 is 16.9 Å². The Morgan fingerprint density at radius 3 is 2.87 bits per heavy atom. The summed E-state index contributed by atoms with van der Waals surface area (Å²) in [6.45, 7) is 1.74. The van der Waals surface area contributed by atoms with E-state index in [0.717, 1.165) is 5.39 Å². The predicted octanol–water partition coefficient (Wildman–Crippen LogP) is 2.05. The molecule has 0 fully saturated rings. The number of carboxylic acids is 1. The maximum absolute atomic E-state index is 10.8. The molecule has 0 amide bonds. The first kappa shape index (κ1) is 9.28. The Kier molecular flexibility index (Phi) is 1.94. The van der Waals surface area contributed by atoms with E-state index in [9.17, 15) is 4.79 Å². The lowest BCUT2D eigenvalue weighted by molar-refractivity contribution is 0.0691. The molecule has 0 saturated heterocycles. The van der Waals surface area contributed by atoms with Gasteiger partial charge in [-0.25, -0.2) is 4.79 Å². The second-order valence-corrected chi connectivity index (χ2v) is 3.30. The van der Waals surface area contributed by atoms with Gasteiger partial charge in [0.05, 0.1) is 11.6 Å². The van der Waals surface area contributed by atoms with Crippen molar-refractivity contribution in [2.24, 2.45) is 0 Å². The number of nitrogens with one attached hydrogen (secondary N) is 1. The van der Waals surface area contributed by atoms with Crippen molar-refractivity contribution in [3.05, 3.63) is 35.0 Å². The van der Waals surface area contributed by atoms with Crippen LogP contribution in [0, 0.1) is 18.3 Å². The highest BCUT2D eigenvalue weighted by molar-refractivity contribution is 5.97. The van der Waals surface area contributed by atoms with Crippen molar-refractivity contribution in [2.45, 2.75) is 6.92 Å². The molecule has 0 spiro atoms. The molecule has 0 aliphatic heterocycles. The number of aromatic nitrogens is 1. The number of aryl methyl sites for hydroxylation is 1. The van der Waals surface area contributed by atoms with Crippen LogP contribution in [-0.4, -0.2) is 16.1 Å². The number of hydrogen-bond donors (Lipinski definition) is 2. The summed E-state index contributed by atoms with van der Waals surface area (Å²) in [6.07, 6.45) is 0. The van der Waals surface area contributed by atoms with Crippen molar-refractivity contribution < 1.29 is 9.90 Å². The Labute approximate surface area is 85.8 Å². The summed E-state index contributed by atoms with van der Waals surface area (Å²) in [5.41, 5.74) is 2.08. The number of H-pyrrole nitrogens is 1. The smallest absolute Gasteiger partial charge is 0.352 e. The molecule has 1 heterocycles. The Balaban J connectivity index is 2.77. The van der Waals surface area contributed by atoms with Crippen LogP contribution in [0.1, 0.15) is 21.6 Å². The second kappa shape index (κ2) is 3.14. The van der Waals surface area contributed by atoms with Gasteiger partial charge in [0.15, 0.2) is 0 Å². The summed E-state index contributed by atoms with van der Waals surface area (Å²) in [5.74, 6) is -0.984. The molecule has 74 valence electrons. The topological polar surface area (TPSA) is 76.9 Å². The molecule has 2 rings (SSSR count). The summed E-state index contributed by atoms with van der Waals surface area (Å²) in [7, 11) is 0. The van der Waals surface area contributed by atoms with E-state index < -0.39 is 5.97 Å². The molecule has 0 aliphatic rings. The highest BCUT2D eigenvalue weighted by Gasteiger charge is 2.13. The van der Waals surface area contributed by atoms with Gasteiger partial charge in [0.25, 0.3) is 0 Å². The molecular weight excluding hydrogens is 192 g/mol. The van der Waals surface area contributed by atoms with Gasteiger partial charge in [-0.3, -0.25) is 0 Å². The number of aromatic amines is 1. The lowest BCUT2D eigenvalue weighted by atomic mass is 10.1. The van der Waals surface area contributed by atoms with Gasteiger partial charge < -0.3 is 10.1 Å². The van der Waals surface area contributed by atoms with E-state index >= 15 is 0 Å². The Hall–Kier alpha value is -2.28. The maximum Gasteiger partial charge on any atom is 0.352 e. The van der Waals surface area contributed by atoms with Crippen LogP contribution in [0.2, 0.25) is 0 Å². The minimum Gasteiger partial charge on any atom is -0.477 e. The number of benzene rings is 1. The monoisotopic (exact) mass is 200 g/mol. The van der Waals surface area contributed by atoms with Crippen molar-refractivity contribution in [1.29, 1.82) is 5.26 Å². The summed E-state index contributed by atoms with van der Waals surface area (Å²) < 4.78 is 0. The van der Waals surface area contributed by atoms with E-state index in [1.165, 1.54) is 0 Å². The highest BCUT2D eigenvalue weighted by Crippen LogP contribution is 2.22. The van der Waals surface area contributed by atoms with Crippen LogP contribution >= 0.6 is 0 Å². The standard InChI is InChI=1S/C11H8N2O2/c1-6-8-3-2-7(5-12)4-9(8)13-10(6)11(14)15/h2-4,13H,1H3,(H,14,15). The van der Waals surface area contributed by atoms with Gasteiger partial charge >= 0.3 is 5.97 Å². The van der Waals surface area contributed by atoms with Crippen molar-refractivity contribution in [1.82, 2.24) is 4.98 Å². The molecule has 4 heteroatoms. The number of nitriles is 1. The fourth-order valence-corrected chi connectivity index (χ4v) is 1.62. The molecule has 0 aliphatic carbocycles. The number of fused-ring (bicyclic) bond motifs is 1. The molecule has 2 aromatic rings. The fraction of sp³-hybridized carbons (Fsp3) is 0.0909. The first-order valence-corrected chi connectivity index (χ1v) is 4.39. The average Bonchev–Trinajstić information content (AvgIpc) is 2.55. The summed E-state index contributed by atoms with van der Waals surface area (Å²) in [4.78, 5) is 13.6. The fourth-order valence-electron chi connectivity index (χ4n) is 1.62. The first-order valence-electron chi connectivity index (χ1n) is 4.39. The van der Waals surface area contributed by atoms with Gasteiger partial charge in [-0.1, -0.05) is 6.07 Å². The largest absolute Gasteiger partial charge is 0.477 e. The number of nitrogens with zero attached hydrogens (tertiary/aromatic N) is 1. The molecular formula is C11H8N2O2. The minimum absolute atomic E-state index is 0.181. The van der Waals surface area contributed by atoms with E-state index in [1.54, 1.807) is 25.1 Å². The zero-order chi connectivity index (χ0) is 11.0. The number of carboxylic acid groups (broad SMARTS) is 1. The summed E-state index contributed by atoms with van der Waals surface area (Å²) in [6, 6.07) is 7.09. The Morgan fingerprint density at radius 2 is 2.27 bits per heavy atom. The minimum atomic E-state index is -0.984. The first-order chi connectivity index (χ1) is 7.13. The SMILES string of the molecule is Cc1c(C(=O)O)[nH]c2cc(C#N)ccc12. The lowest BCUT2D eigenvalue weighted by Crippen LogP contribution is -1.97. The van der Waals surface area contributed by atoms with Gasteiger partial charge in [-0.15, -0.1) is 0 Å².